The second-order valence-electron chi connectivity index (χ2n) is 11.2. The van der Waals surface area contributed by atoms with Crippen molar-refractivity contribution in [1.82, 2.24) is 19.5 Å². The summed E-state index contributed by atoms with van der Waals surface area (Å²) < 4.78 is 3.07. The molecule has 39 heavy (non-hydrogen) atoms. The van der Waals surface area contributed by atoms with Gasteiger partial charge in [0.05, 0.1) is 26.4 Å². The molecule has 6 rings (SSSR count). The minimum Gasteiger partial charge on any atom is -0.368 e. The van der Waals surface area contributed by atoms with E-state index in [2.05, 4.69) is 40.9 Å². The Bertz CT molecular complexity index is 1600. The predicted octanol–water partition coefficient (Wildman–Crippen LogP) is 5.07. The van der Waals surface area contributed by atoms with Crippen LogP contribution in [-0.4, -0.2) is 78.5 Å². The number of carbonyl (C=O) groups excluding carboxylic acids is 1. The van der Waals surface area contributed by atoms with Crippen molar-refractivity contribution in [3.05, 3.63) is 57.2 Å². The molecule has 0 saturated carbocycles. The lowest BCUT2D eigenvalue weighted by atomic mass is 10.1. The lowest BCUT2D eigenvalue weighted by molar-refractivity contribution is 0.0951. The number of carbonyl (C=O) groups is 1. The first kappa shape index (κ1) is 26.6. The molecule has 1 unspecified atom stereocenters. The number of aromatic nitrogens is 1. The van der Waals surface area contributed by atoms with Gasteiger partial charge < -0.3 is 15.1 Å². The third-order valence-corrected chi connectivity index (χ3v) is 10.0. The van der Waals surface area contributed by atoms with Crippen LogP contribution in [0.1, 0.15) is 43.5 Å². The van der Waals surface area contributed by atoms with Gasteiger partial charge in [-0.2, -0.15) is 0 Å². The van der Waals surface area contributed by atoms with Crippen LogP contribution in [-0.2, 0) is 0 Å². The Labute approximate surface area is 237 Å². The Hall–Kier alpha value is -2.65. The number of nitrogens with one attached hydrogen (secondary N) is 1. The van der Waals surface area contributed by atoms with E-state index in [0.29, 0.717) is 33.9 Å². The molecule has 2 aromatic heterocycles. The van der Waals surface area contributed by atoms with E-state index in [1.165, 1.54) is 17.8 Å². The number of thiazole rings is 1. The van der Waals surface area contributed by atoms with Crippen LogP contribution in [0, 0.1) is 0 Å². The molecule has 2 aliphatic heterocycles. The number of amides is 1. The number of hydrogen-bond donors (Lipinski definition) is 1. The molecule has 1 amide bonds. The van der Waals surface area contributed by atoms with Crippen molar-refractivity contribution < 1.29 is 4.79 Å². The molecule has 9 heteroatoms. The molecule has 2 aromatic carbocycles. The third-order valence-electron chi connectivity index (χ3n) is 8.55. The quantitative estimate of drug-likeness (QED) is 0.354. The molecule has 206 valence electrons. The van der Waals surface area contributed by atoms with Gasteiger partial charge in [0.1, 0.15) is 10.4 Å². The summed E-state index contributed by atoms with van der Waals surface area (Å²) in [4.78, 5) is 35.4. The van der Waals surface area contributed by atoms with E-state index in [1.54, 1.807) is 0 Å². The van der Waals surface area contributed by atoms with E-state index >= 15 is 0 Å². The zero-order valence-corrected chi connectivity index (χ0v) is 24.4. The predicted molar refractivity (Wildman–Crippen MR) is 163 cm³/mol. The fourth-order valence-corrected chi connectivity index (χ4v) is 7.72. The minimum absolute atomic E-state index is 0.223. The van der Waals surface area contributed by atoms with Crippen LogP contribution in [0.25, 0.3) is 25.9 Å². The fraction of sp³-hybridized carbons (Fsp3) is 0.467. The van der Waals surface area contributed by atoms with Gasteiger partial charge >= 0.3 is 0 Å². The molecule has 1 N–H and O–H groups in total. The van der Waals surface area contributed by atoms with Gasteiger partial charge in [-0.3, -0.25) is 18.9 Å². The number of piperazine rings is 1. The molecule has 4 heterocycles. The highest BCUT2D eigenvalue weighted by Crippen LogP contribution is 2.36. The van der Waals surface area contributed by atoms with Gasteiger partial charge in [0.2, 0.25) is 5.43 Å². The average Bonchev–Trinajstić information content (AvgIpc) is 3.51. The SMILES string of the molecule is CC(C)N1CCN(c2cc3c(=O)c(C(=O)NCCC4CCCN4C)c4sc5ccccc5n4c3cc2Cl)CC1. The van der Waals surface area contributed by atoms with Crippen molar-refractivity contribution in [2.24, 2.45) is 0 Å². The summed E-state index contributed by atoms with van der Waals surface area (Å²) in [5.41, 5.74) is 2.57. The second-order valence-corrected chi connectivity index (χ2v) is 12.6. The Balaban J connectivity index is 1.43. The fourth-order valence-electron chi connectivity index (χ4n) is 6.25. The van der Waals surface area contributed by atoms with Crippen LogP contribution in [0.3, 0.4) is 0 Å². The highest BCUT2D eigenvalue weighted by atomic mass is 35.5. The highest BCUT2D eigenvalue weighted by Gasteiger charge is 2.26. The average molecular weight is 566 g/mol. The highest BCUT2D eigenvalue weighted by molar-refractivity contribution is 7.24. The Morgan fingerprint density at radius 1 is 1.10 bits per heavy atom. The van der Waals surface area contributed by atoms with Crippen molar-refractivity contribution >= 4 is 60.5 Å². The van der Waals surface area contributed by atoms with E-state index in [9.17, 15) is 9.59 Å². The lowest BCUT2D eigenvalue weighted by Gasteiger charge is -2.38. The molecule has 0 spiro atoms. The van der Waals surface area contributed by atoms with E-state index in [4.69, 9.17) is 11.6 Å². The first-order valence-electron chi connectivity index (χ1n) is 14.0. The smallest absolute Gasteiger partial charge is 0.258 e. The molecule has 0 radical (unpaired) electrons. The maximum absolute atomic E-state index is 14.1. The first-order chi connectivity index (χ1) is 18.8. The Kier molecular flexibility index (Phi) is 7.31. The normalized spacial score (nSPS) is 19.2. The van der Waals surface area contributed by atoms with E-state index in [0.717, 1.165) is 67.0 Å². The van der Waals surface area contributed by atoms with Crippen LogP contribution in [0.2, 0.25) is 5.02 Å². The van der Waals surface area contributed by atoms with Crippen molar-refractivity contribution in [1.29, 1.82) is 0 Å². The summed E-state index contributed by atoms with van der Waals surface area (Å²) in [5, 5.41) is 4.24. The van der Waals surface area contributed by atoms with Gasteiger partial charge in [-0.15, -0.1) is 11.3 Å². The van der Waals surface area contributed by atoms with Crippen LogP contribution in [0.5, 0.6) is 0 Å². The van der Waals surface area contributed by atoms with Crippen molar-refractivity contribution in [2.45, 2.75) is 45.2 Å². The third kappa shape index (κ3) is 4.82. The van der Waals surface area contributed by atoms with Crippen LogP contribution < -0.4 is 15.6 Å². The van der Waals surface area contributed by atoms with E-state index in [-0.39, 0.29) is 16.9 Å². The summed E-state index contributed by atoms with van der Waals surface area (Å²) in [6, 6.07) is 12.8. The maximum Gasteiger partial charge on any atom is 0.258 e. The standard InChI is InChI=1S/C30H36ClN5O2S/c1-19(2)34-13-15-35(16-14-34)25-17-21-24(18-22(25)31)36-23-8-4-5-9-26(23)39-30(36)27(28(21)37)29(38)32-11-10-20-7-6-12-33(20)3/h4-5,8-9,17-20H,6-7,10-16H2,1-3H3,(H,32,38). The molecule has 0 aliphatic carbocycles. The summed E-state index contributed by atoms with van der Waals surface area (Å²) in [5.74, 6) is -0.298. The number of para-hydroxylation sites is 1. The van der Waals surface area contributed by atoms with Crippen molar-refractivity contribution in [3.8, 4) is 0 Å². The summed E-state index contributed by atoms with van der Waals surface area (Å²) >= 11 is 8.38. The number of likely N-dealkylation sites (tertiary alicyclic amines) is 1. The second kappa shape index (κ2) is 10.7. The van der Waals surface area contributed by atoms with Gasteiger partial charge in [0.25, 0.3) is 5.91 Å². The van der Waals surface area contributed by atoms with Gasteiger partial charge in [-0.25, -0.2) is 0 Å². The number of pyridine rings is 1. The summed E-state index contributed by atoms with van der Waals surface area (Å²) in [6.45, 7) is 9.67. The van der Waals surface area contributed by atoms with Crippen LogP contribution in [0.4, 0.5) is 5.69 Å². The van der Waals surface area contributed by atoms with Gasteiger partial charge in [0.15, 0.2) is 0 Å². The minimum atomic E-state index is -0.298. The molecule has 4 aromatic rings. The zero-order valence-electron chi connectivity index (χ0n) is 22.9. The Morgan fingerprint density at radius 3 is 2.59 bits per heavy atom. The summed E-state index contributed by atoms with van der Waals surface area (Å²) in [7, 11) is 2.14. The van der Waals surface area contributed by atoms with Crippen LogP contribution >= 0.6 is 22.9 Å². The number of anilines is 1. The number of benzene rings is 2. The van der Waals surface area contributed by atoms with Gasteiger partial charge in [-0.1, -0.05) is 23.7 Å². The molecular formula is C30H36ClN5O2S. The maximum atomic E-state index is 14.1. The van der Waals surface area contributed by atoms with E-state index in [1.807, 2.05) is 40.8 Å². The molecular weight excluding hydrogens is 530 g/mol. The van der Waals surface area contributed by atoms with Crippen LogP contribution in [0.15, 0.2) is 41.2 Å². The number of rotatable bonds is 6. The number of hydrogen-bond acceptors (Lipinski definition) is 6. The van der Waals surface area contributed by atoms with Crippen molar-refractivity contribution in [3.63, 3.8) is 0 Å². The van der Waals surface area contributed by atoms with Gasteiger partial charge in [-0.05, 0) is 71.0 Å². The molecule has 1 atom stereocenters. The largest absolute Gasteiger partial charge is 0.368 e. The number of nitrogens with zero attached hydrogens (tertiary/aromatic N) is 4. The molecule has 7 nitrogen and oxygen atoms in total. The molecule has 2 fully saturated rings. The number of fused-ring (bicyclic) bond motifs is 5. The van der Waals surface area contributed by atoms with E-state index < -0.39 is 0 Å². The van der Waals surface area contributed by atoms with Crippen molar-refractivity contribution in [2.75, 3.05) is 51.2 Å². The molecule has 0 bridgehead atoms. The summed E-state index contributed by atoms with van der Waals surface area (Å²) in [6.07, 6.45) is 3.23. The number of halogens is 1. The topological polar surface area (TPSA) is 60.3 Å². The van der Waals surface area contributed by atoms with Gasteiger partial charge in [0, 0.05) is 50.2 Å². The lowest BCUT2D eigenvalue weighted by Crippen LogP contribution is -2.49. The monoisotopic (exact) mass is 565 g/mol. The molecule has 2 saturated heterocycles. The first-order valence-corrected chi connectivity index (χ1v) is 15.2. The Morgan fingerprint density at radius 2 is 1.87 bits per heavy atom. The zero-order chi connectivity index (χ0) is 27.3. The molecule has 2 aliphatic rings.